The van der Waals surface area contributed by atoms with Gasteiger partial charge >= 0.3 is 0 Å². The standard InChI is InChI=1S/C8H8N3O2S/c1-14(12,13)11-7-4-2-3-6-5-9-10-8(6)7/h2-5H,1H3,(H,9,10)/q-1. The van der Waals surface area contributed by atoms with Crippen molar-refractivity contribution in [2.45, 2.75) is 0 Å². The lowest BCUT2D eigenvalue weighted by Crippen LogP contribution is -1.90. The molecule has 74 valence electrons. The maximum Gasteiger partial charge on any atom is 0.0909 e. The van der Waals surface area contributed by atoms with Crippen molar-refractivity contribution in [3.05, 3.63) is 29.1 Å². The van der Waals surface area contributed by atoms with Crippen molar-refractivity contribution in [1.29, 1.82) is 0 Å². The first-order valence-electron chi connectivity index (χ1n) is 3.91. The van der Waals surface area contributed by atoms with Crippen molar-refractivity contribution < 1.29 is 8.42 Å². The summed E-state index contributed by atoms with van der Waals surface area (Å²) in [6.45, 7) is 0. The Balaban J connectivity index is 2.57. The number of fused-ring (bicyclic) bond motifs is 1. The van der Waals surface area contributed by atoms with Gasteiger partial charge in [-0.05, 0) is 0 Å². The summed E-state index contributed by atoms with van der Waals surface area (Å²) < 4.78 is 25.5. The van der Waals surface area contributed by atoms with Crippen LogP contribution < -0.4 is 0 Å². The third-order valence-electron chi connectivity index (χ3n) is 1.72. The van der Waals surface area contributed by atoms with Gasteiger partial charge in [-0.15, -0.1) is 5.69 Å². The number of nitrogens with zero attached hydrogens (tertiary/aromatic N) is 2. The minimum Gasteiger partial charge on any atom is -0.575 e. The Kier molecular flexibility index (Phi) is 1.92. The van der Waals surface area contributed by atoms with E-state index in [4.69, 9.17) is 0 Å². The summed E-state index contributed by atoms with van der Waals surface area (Å²) in [6, 6.07) is 5.20. The molecule has 0 unspecified atom stereocenters. The first kappa shape index (κ1) is 9.01. The van der Waals surface area contributed by atoms with Crippen LogP contribution in [-0.2, 0) is 10.0 Å². The van der Waals surface area contributed by atoms with Gasteiger partial charge in [-0.2, -0.15) is 5.10 Å². The lowest BCUT2D eigenvalue weighted by atomic mass is 10.2. The predicted molar refractivity (Wildman–Crippen MR) is 54.0 cm³/mol. The molecular formula is C8H8N3O2S-. The van der Waals surface area contributed by atoms with Gasteiger partial charge in [-0.3, -0.25) is 5.10 Å². The molecule has 0 radical (unpaired) electrons. The Morgan fingerprint density at radius 3 is 2.93 bits per heavy atom. The molecule has 0 saturated carbocycles. The molecule has 6 heteroatoms. The van der Waals surface area contributed by atoms with Crippen molar-refractivity contribution in [2.75, 3.05) is 6.26 Å². The molecule has 0 fully saturated rings. The molecule has 1 N–H and O–H groups in total. The molecule has 0 amide bonds. The number of sulfonamides is 1. The van der Waals surface area contributed by atoms with Crippen LogP contribution in [0, 0.1) is 0 Å². The van der Waals surface area contributed by atoms with Gasteiger partial charge in [-0.25, -0.2) is 8.42 Å². The summed E-state index contributed by atoms with van der Waals surface area (Å²) in [5.74, 6) is 0. The van der Waals surface area contributed by atoms with Crippen molar-refractivity contribution >= 4 is 26.6 Å². The zero-order chi connectivity index (χ0) is 10.2. The average molecular weight is 210 g/mol. The molecule has 5 nitrogen and oxygen atoms in total. The molecule has 0 aliphatic rings. The summed E-state index contributed by atoms with van der Waals surface area (Å²) in [5, 5.41) is 7.36. The van der Waals surface area contributed by atoms with Crippen molar-refractivity contribution in [3.8, 4) is 0 Å². The van der Waals surface area contributed by atoms with E-state index in [1.165, 1.54) is 0 Å². The fourth-order valence-electron chi connectivity index (χ4n) is 1.21. The highest BCUT2D eigenvalue weighted by atomic mass is 32.2. The minimum atomic E-state index is -3.37. The van der Waals surface area contributed by atoms with Crippen molar-refractivity contribution in [2.24, 2.45) is 0 Å². The lowest BCUT2D eigenvalue weighted by molar-refractivity contribution is 0.609. The number of aromatic nitrogens is 2. The van der Waals surface area contributed by atoms with Crippen LogP contribution in [0.2, 0.25) is 0 Å². The van der Waals surface area contributed by atoms with Crippen LogP contribution in [0.3, 0.4) is 0 Å². The first-order chi connectivity index (χ1) is 6.56. The highest BCUT2D eigenvalue weighted by molar-refractivity contribution is 7.93. The van der Waals surface area contributed by atoms with Crippen LogP contribution >= 0.6 is 0 Å². The van der Waals surface area contributed by atoms with Crippen LogP contribution in [-0.4, -0.2) is 24.9 Å². The summed E-state index contributed by atoms with van der Waals surface area (Å²) in [6.07, 6.45) is 2.68. The maximum absolute atomic E-state index is 11.0. The van der Waals surface area contributed by atoms with Gasteiger partial charge in [0.15, 0.2) is 0 Å². The first-order valence-corrected chi connectivity index (χ1v) is 5.76. The molecule has 0 aliphatic heterocycles. The molecule has 0 aliphatic carbocycles. The molecular weight excluding hydrogens is 202 g/mol. The summed E-state index contributed by atoms with van der Waals surface area (Å²) in [7, 11) is -3.37. The second kappa shape index (κ2) is 2.98. The fraction of sp³-hybridized carbons (Fsp3) is 0.125. The summed E-state index contributed by atoms with van der Waals surface area (Å²) in [5.41, 5.74) is 1.03. The van der Waals surface area contributed by atoms with Gasteiger partial charge in [0.05, 0.1) is 21.7 Å². The number of nitrogens with one attached hydrogen (secondary N) is 1. The van der Waals surface area contributed by atoms with Crippen LogP contribution in [0.15, 0.2) is 24.4 Å². The zero-order valence-corrected chi connectivity index (χ0v) is 8.25. The Labute approximate surface area is 81.2 Å². The highest BCUT2D eigenvalue weighted by Gasteiger charge is 1.97. The average Bonchev–Trinajstić information content (AvgIpc) is 2.49. The van der Waals surface area contributed by atoms with E-state index in [1.54, 1.807) is 18.3 Å². The van der Waals surface area contributed by atoms with E-state index >= 15 is 0 Å². The van der Waals surface area contributed by atoms with Gasteiger partial charge < -0.3 is 4.72 Å². The van der Waals surface area contributed by atoms with E-state index in [2.05, 4.69) is 14.9 Å². The number of para-hydroxylation sites is 1. The summed E-state index contributed by atoms with van der Waals surface area (Å²) in [4.78, 5) is 0. The van der Waals surface area contributed by atoms with Gasteiger partial charge in [-0.1, -0.05) is 18.2 Å². The zero-order valence-electron chi connectivity index (χ0n) is 7.43. The Morgan fingerprint density at radius 1 is 1.43 bits per heavy atom. The minimum absolute atomic E-state index is 0.391. The second-order valence-electron chi connectivity index (χ2n) is 2.94. The van der Waals surface area contributed by atoms with Crippen LogP contribution in [0.4, 0.5) is 5.69 Å². The van der Waals surface area contributed by atoms with E-state index in [0.717, 1.165) is 11.6 Å². The third kappa shape index (κ3) is 1.69. The highest BCUT2D eigenvalue weighted by Crippen LogP contribution is 2.29. The third-order valence-corrected chi connectivity index (χ3v) is 2.25. The van der Waals surface area contributed by atoms with Gasteiger partial charge in [0.2, 0.25) is 0 Å². The maximum atomic E-state index is 11.0. The molecule has 14 heavy (non-hydrogen) atoms. The smallest absolute Gasteiger partial charge is 0.0909 e. The molecule has 0 atom stereocenters. The van der Waals surface area contributed by atoms with Gasteiger partial charge in [0, 0.05) is 11.6 Å². The second-order valence-corrected chi connectivity index (χ2v) is 4.58. The van der Waals surface area contributed by atoms with E-state index in [0.29, 0.717) is 11.2 Å². The number of benzene rings is 1. The number of H-pyrrole nitrogens is 1. The van der Waals surface area contributed by atoms with E-state index in [1.807, 2.05) is 6.07 Å². The Morgan fingerprint density at radius 2 is 2.21 bits per heavy atom. The number of hydrogen-bond donors (Lipinski definition) is 1. The Hall–Kier alpha value is -1.56. The molecule has 1 aromatic heterocycles. The van der Waals surface area contributed by atoms with Gasteiger partial charge in [0.1, 0.15) is 0 Å². The Bertz CT molecular complexity index is 559. The summed E-state index contributed by atoms with van der Waals surface area (Å²) >= 11 is 0. The largest absolute Gasteiger partial charge is 0.575 e. The van der Waals surface area contributed by atoms with Gasteiger partial charge in [0.25, 0.3) is 0 Å². The number of aromatic amines is 1. The normalized spacial score (nSPS) is 11.8. The molecule has 2 aromatic rings. The van der Waals surface area contributed by atoms with Crippen LogP contribution in [0.5, 0.6) is 0 Å². The van der Waals surface area contributed by atoms with Crippen molar-refractivity contribution in [1.82, 2.24) is 10.2 Å². The predicted octanol–water partition coefficient (Wildman–Crippen LogP) is 1.53. The van der Waals surface area contributed by atoms with E-state index in [9.17, 15) is 8.42 Å². The van der Waals surface area contributed by atoms with E-state index in [-0.39, 0.29) is 0 Å². The quantitative estimate of drug-likeness (QED) is 0.816. The molecule has 0 saturated heterocycles. The fourth-order valence-corrected chi connectivity index (χ4v) is 1.72. The monoisotopic (exact) mass is 210 g/mol. The molecule has 0 spiro atoms. The van der Waals surface area contributed by atoms with Crippen LogP contribution in [0.25, 0.3) is 15.6 Å². The number of hydrogen-bond acceptors (Lipinski definition) is 3. The molecule has 1 aromatic carbocycles. The molecule has 0 bridgehead atoms. The number of rotatable bonds is 2. The molecule has 2 rings (SSSR count). The lowest BCUT2D eigenvalue weighted by Gasteiger charge is -2.18. The van der Waals surface area contributed by atoms with E-state index < -0.39 is 10.0 Å². The topological polar surface area (TPSA) is 76.9 Å². The SMILES string of the molecule is CS(=O)(=O)[N-]c1cccc2cn[nH]c12. The van der Waals surface area contributed by atoms with Crippen LogP contribution in [0.1, 0.15) is 0 Å². The molecule has 1 heterocycles. The van der Waals surface area contributed by atoms with Crippen molar-refractivity contribution in [3.63, 3.8) is 0 Å².